The number of rotatable bonds is 4. The van der Waals surface area contributed by atoms with Crippen molar-refractivity contribution in [3.05, 3.63) is 23.8 Å². The molecular weight excluding hydrogens is 250 g/mol. The number of hydrogen-bond donors (Lipinski definition) is 1. The lowest BCUT2D eigenvalue weighted by Crippen LogP contribution is -2.37. The zero-order chi connectivity index (χ0) is 13.4. The van der Waals surface area contributed by atoms with E-state index in [2.05, 4.69) is 0 Å². The highest BCUT2D eigenvalue weighted by Crippen LogP contribution is 2.37. The van der Waals surface area contributed by atoms with Crippen LogP contribution in [0.5, 0.6) is 11.5 Å². The van der Waals surface area contributed by atoms with Crippen LogP contribution in [0.1, 0.15) is 23.2 Å². The van der Waals surface area contributed by atoms with Crippen LogP contribution in [0.25, 0.3) is 0 Å². The van der Waals surface area contributed by atoms with Gasteiger partial charge in [0.25, 0.3) is 5.91 Å². The molecule has 1 aliphatic heterocycles. The first-order chi connectivity index (χ1) is 9.16. The van der Waals surface area contributed by atoms with Crippen molar-refractivity contribution in [2.45, 2.75) is 18.9 Å². The summed E-state index contributed by atoms with van der Waals surface area (Å²) < 4.78 is 10.5. The predicted octanol–water partition coefficient (Wildman–Crippen LogP) is 1.10. The molecule has 3 rings (SSSR count). The Kier molecular flexibility index (Phi) is 2.77. The number of carboxylic acids is 1. The lowest BCUT2D eigenvalue weighted by molar-refractivity contribution is -0.137. The summed E-state index contributed by atoms with van der Waals surface area (Å²) in [6.07, 6.45) is 1.71. The summed E-state index contributed by atoms with van der Waals surface area (Å²) in [6.45, 7) is -0.198. The van der Waals surface area contributed by atoms with Crippen LogP contribution in [-0.2, 0) is 4.79 Å². The minimum Gasteiger partial charge on any atom is -0.480 e. The number of fused-ring (bicyclic) bond motifs is 1. The van der Waals surface area contributed by atoms with Crippen molar-refractivity contribution < 1.29 is 24.2 Å². The van der Waals surface area contributed by atoms with E-state index in [4.69, 9.17) is 14.6 Å². The summed E-state index contributed by atoms with van der Waals surface area (Å²) in [5, 5.41) is 8.90. The van der Waals surface area contributed by atoms with Crippen molar-refractivity contribution in [3.63, 3.8) is 0 Å². The van der Waals surface area contributed by atoms with Gasteiger partial charge in [0.15, 0.2) is 11.5 Å². The number of carboxylic acid groups (broad SMARTS) is 1. The second-order valence-electron chi connectivity index (χ2n) is 4.60. The molecule has 6 nitrogen and oxygen atoms in total. The van der Waals surface area contributed by atoms with Gasteiger partial charge in [0, 0.05) is 6.04 Å². The standard InChI is InChI=1S/C13H13NO5/c15-11(16)6-14(8-4-5-8)13(17)9-2-1-3-10-12(9)19-7-18-10/h1-3,8H,4-7H2,(H,15,16). The smallest absolute Gasteiger partial charge is 0.323 e. The van der Waals surface area contributed by atoms with Gasteiger partial charge in [-0.2, -0.15) is 0 Å². The molecule has 0 aromatic heterocycles. The fraction of sp³-hybridized carbons (Fsp3) is 0.385. The van der Waals surface area contributed by atoms with E-state index in [9.17, 15) is 9.59 Å². The minimum absolute atomic E-state index is 0.0294. The number of carbonyl (C=O) groups is 2. The predicted molar refractivity (Wildman–Crippen MR) is 64.3 cm³/mol. The highest BCUT2D eigenvalue weighted by molar-refractivity contribution is 5.99. The van der Waals surface area contributed by atoms with Gasteiger partial charge in [0.2, 0.25) is 6.79 Å². The van der Waals surface area contributed by atoms with Gasteiger partial charge in [-0.1, -0.05) is 6.07 Å². The van der Waals surface area contributed by atoms with Gasteiger partial charge in [-0.15, -0.1) is 0 Å². The summed E-state index contributed by atoms with van der Waals surface area (Å²) >= 11 is 0. The molecule has 100 valence electrons. The molecule has 1 aromatic rings. The number of benzene rings is 1. The molecule has 1 fully saturated rings. The number of carbonyl (C=O) groups excluding carboxylic acids is 1. The van der Waals surface area contributed by atoms with Crippen LogP contribution < -0.4 is 9.47 Å². The average Bonchev–Trinajstić information content (AvgIpc) is 3.11. The van der Waals surface area contributed by atoms with Crippen molar-refractivity contribution >= 4 is 11.9 Å². The molecule has 1 amide bonds. The van der Waals surface area contributed by atoms with Gasteiger partial charge in [0.1, 0.15) is 6.54 Å². The third-order valence-electron chi connectivity index (χ3n) is 3.18. The molecule has 1 N–H and O–H groups in total. The largest absolute Gasteiger partial charge is 0.480 e. The molecule has 0 radical (unpaired) electrons. The third-order valence-corrected chi connectivity index (χ3v) is 3.18. The first-order valence-electron chi connectivity index (χ1n) is 6.08. The Morgan fingerprint density at radius 2 is 2.11 bits per heavy atom. The molecule has 0 atom stereocenters. The molecule has 1 heterocycles. The van der Waals surface area contributed by atoms with E-state index in [1.54, 1.807) is 18.2 Å². The number of hydrogen-bond acceptors (Lipinski definition) is 4. The number of amides is 1. The van der Waals surface area contributed by atoms with Crippen LogP contribution in [0.15, 0.2) is 18.2 Å². The Hall–Kier alpha value is -2.24. The van der Waals surface area contributed by atoms with Crippen LogP contribution in [0, 0.1) is 0 Å². The molecular formula is C13H13NO5. The average molecular weight is 263 g/mol. The number of nitrogens with zero attached hydrogens (tertiary/aromatic N) is 1. The molecule has 19 heavy (non-hydrogen) atoms. The minimum atomic E-state index is -1.01. The van der Waals surface area contributed by atoms with Gasteiger partial charge >= 0.3 is 5.97 Å². The first-order valence-corrected chi connectivity index (χ1v) is 6.08. The van der Waals surface area contributed by atoms with E-state index < -0.39 is 5.97 Å². The zero-order valence-corrected chi connectivity index (χ0v) is 10.2. The second kappa shape index (κ2) is 4.46. The summed E-state index contributed by atoms with van der Waals surface area (Å²) in [4.78, 5) is 24.7. The maximum absolute atomic E-state index is 12.4. The molecule has 2 aliphatic rings. The normalized spacial score (nSPS) is 16.2. The van der Waals surface area contributed by atoms with Crippen molar-refractivity contribution in [1.29, 1.82) is 0 Å². The van der Waals surface area contributed by atoms with Gasteiger partial charge in [-0.3, -0.25) is 9.59 Å². The number of para-hydroxylation sites is 1. The van der Waals surface area contributed by atoms with E-state index in [0.29, 0.717) is 17.1 Å². The van der Waals surface area contributed by atoms with Gasteiger partial charge in [-0.25, -0.2) is 0 Å². The monoisotopic (exact) mass is 263 g/mol. The van der Waals surface area contributed by atoms with E-state index >= 15 is 0 Å². The lowest BCUT2D eigenvalue weighted by Gasteiger charge is -2.20. The van der Waals surface area contributed by atoms with Crippen molar-refractivity contribution in [2.75, 3.05) is 13.3 Å². The lowest BCUT2D eigenvalue weighted by atomic mass is 10.1. The molecule has 0 saturated heterocycles. The molecule has 0 unspecified atom stereocenters. The summed E-state index contributed by atoms with van der Waals surface area (Å²) in [6, 6.07) is 5.08. The first kappa shape index (κ1) is 11.8. The fourth-order valence-corrected chi connectivity index (χ4v) is 2.15. The Morgan fingerprint density at radius 3 is 2.79 bits per heavy atom. The quantitative estimate of drug-likeness (QED) is 0.880. The van der Waals surface area contributed by atoms with E-state index in [1.807, 2.05) is 0 Å². The Morgan fingerprint density at radius 1 is 1.32 bits per heavy atom. The SMILES string of the molecule is O=C(O)CN(C(=O)c1cccc2c1OCO2)C1CC1. The summed E-state index contributed by atoms with van der Waals surface area (Å²) in [5.41, 5.74) is 0.364. The maximum atomic E-state index is 12.4. The summed E-state index contributed by atoms with van der Waals surface area (Å²) in [7, 11) is 0. The van der Waals surface area contributed by atoms with Gasteiger partial charge < -0.3 is 19.5 Å². The Balaban J connectivity index is 1.90. The molecule has 0 spiro atoms. The second-order valence-corrected chi connectivity index (χ2v) is 4.60. The molecule has 1 aromatic carbocycles. The van der Waals surface area contributed by atoms with Gasteiger partial charge in [-0.05, 0) is 25.0 Å². The highest BCUT2D eigenvalue weighted by Gasteiger charge is 2.36. The topological polar surface area (TPSA) is 76.1 Å². The number of ether oxygens (including phenoxy) is 2. The zero-order valence-electron chi connectivity index (χ0n) is 10.2. The molecule has 0 bridgehead atoms. The highest BCUT2D eigenvalue weighted by atomic mass is 16.7. The number of aliphatic carboxylic acids is 1. The van der Waals surface area contributed by atoms with E-state index in [1.165, 1.54) is 4.90 Å². The van der Waals surface area contributed by atoms with E-state index in [0.717, 1.165) is 12.8 Å². The van der Waals surface area contributed by atoms with Crippen LogP contribution in [0.2, 0.25) is 0 Å². The van der Waals surface area contributed by atoms with Crippen molar-refractivity contribution in [3.8, 4) is 11.5 Å². The van der Waals surface area contributed by atoms with Crippen LogP contribution in [0.4, 0.5) is 0 Å². The van der Waals surface area contributed by atoms with Crippen LogP contribution in [0.3, 0.4) is 0 Å². The van der Waals surface area contributed by atoms with E-state index in [-0.39, 0.29) is 25.3 Å². The van der Waals surface area contributed by atoms with Gasteiger partial charge in [0.05, 0.1) is 5.56 Å². The summed E-state index contributed by atoms with van der Waals surface area (Å²) in [5.74, 6) is -0.391. The maximum Gasteiger partial charge on any atom is 0.323 e. The third kappa shape index (κ3) is 2.21. The fourth-order valence-electron chi connectivity index (χ4n) is 2.15. The Bertz CT molecular complexity index is 538. The van der Waals surface area contributed by atoms with Crippen molar-refractivity contribution in [2.24, 2.45) is 0 Å². The van der Waals surface area contributed by atoms with Crippen molar-refractivity contribution in [1.82, 2.24) is 4.90 Å². The molecule has 1 saturated carbocycles. The molecule has 6 heteroatoms. The Labute approximate surface area is 109 Å². The van der Waals surface area contributed by atoms with Crippen LogP contribution >= 0.6 is 0 Å². The molecule has 1 aliphatic carbocycles. The van der Waals surface area contributed by atoms with Crippen LogP contribution in [-0.4, -0.2) is 41.3 Å².